The molecule has 0 unspecified atom stereocenters. The van der Waals surface area contributed by atoms with Gasteiger partial charge < -0.3 is 4.74 Å². The lowest BCUT2D eigenvalue weighted by Gasteiger charge is -1.98. The van der Waals surface area contributed by atoms with Crippen LogP contribution in [0.1, 0.15) is 5.56 Å². The van der Waals surface area contributed by atoms with E-state index in [9.17, 15) is 8.78 Å². The van der Waals surface area contributed by atoms with Crippen molar-refractivity contribution in [3.63, 3.8) is 0 Å². The zero-order chi connectivity index (χ0) is 10.6. The Morgan fingerprint density at radius 3 is 2.29 bits per heavy atom. The number of benzene rings is 1. The van der Waals surface area contributed by atoms with E-state index in [4.69, 9.17) is 4.74 Å². The van der Waals surface area contributed by atoms with Gasteiger partial charge in [0.05, 0.1) is 7.11 Å². The van der Waals surface area contributed by atoms with Crippen LogP contribution in [0.15, 0.2) is 24.3 Å². The van der Waals surface area contributed by atoms with Gasteiger partial charge in [0.25, 0.3) is 0 Å². The van der Waals surface area contributed by atoms with E-state index in [0.717, 1.165) is 0 Å². The maximum atomic E-state index is 12.3. The SMILES string of the molecule is COc1ccc(C#CC(F)(F)Br)cc1. The normalized spacial score (nSPS) is 10.3. The van der Waals surface area contributed by atoms with Crippen LogP contribution in [0.4, 0.5) is 8.78 Å². The summed E-state index contributed by atoms with van der Waals surface area (Å²) in [6.45, 7) is 0. The fraction of sp³-hybridized carbons (Fsp3) is 0.200. The Labute approximate surface area is 89.2 Å². The summed E-state index contributed by atoms with van der Waals surface area (Å²) in [6.07, 6.45) is 0. The number of halogens is 3. The minimum Gasteiger partial charge on any atom is -0.497 e. The van der Waals surface area contributed by atoms with Gasteiger partial charge >= 0.3 is 4.83 Å². The second-order valence-electron chi connectivity index (χ2n) is 2.48. The summed E-state index contributed by atoms with van der Waals surface area (Å²) >= 11 is 2.13. The van der Waals surface area contributed by atoms with Crippen molar-refractivity contribution in [1.29, 1.82) is 0 Å². The summed E-state index contributed by atoms with van der Waals surface area (Å²) in [4.78, 5) is -3.13. The van der Waals surface area contributed by atoms with Gasteiger partial charge in [0, 0.05) is 21.5 Å². The molecule has 1 nitrogen and oxygen atoms in total. The van der Waals surface area contributed by atoms with Gasteiger partial charge in [-0.3, -0.25) is 0 Å². The molecule has 1 rings (SSSR count). The van der Waals surface area contributed by atoms with Crippen LogP contribution >= 0.6 is 15.9 Å². The highest BCUT2D eigenvalue weighted by Gasteiger charge is 2.18. The van der Waals surface area contributed by atoms with E-state index in [-0.39, 0.29) is 0 Å². The first-order chi connectivity index (χ1) is 6.51. The molecular weight excluding hydrogens is 254 g/mol. The van der Waals surface area contributed by atoms with Gasteiger partial charge in [-0.15, -0.1) is 0 Å². The molecule has 0 amide bonds. The fourth-order valence-corrected chi connectivity index (χ4v) is 0.917. The van der Waals surface area contributed by atoms with Crippen molar-refractivity contribution in [2.75, 3.05) is 7.11 Å². The summed E-state index contributed by atoms with van der Waals surface area (Å²) in [5.74, 6) is 4.77. The third-order valence-corrected chi connectivity index (χ3v) is 1.64. The van der Waals surface area contributed by atoms with Crippen LogP contribution in [0.25, 0.3) is 0 Å². The molecule has 0 aliphatic rings. The predicted molar refractivity (Wildman–Crippen MR) is 53.7 cm³/mol. The molecule has 0 radical (unpaired) electrons. The van der Waals surface area contributed by atoms with E-state index in [0.29, 0.717) is 11.3 Å². The molecule has 14 heavy (non-hydrogen) atoms. The predicted octanol–water partition coefficient (Wildman–Crippen LogP) is 3.03. The number of ether oxygens (including phenoxy) is 1. The van der Waals surface area contributed by atoms with E-state index < -0.39 is 4.83 Å². The van der Waals surface area contributed by atoms with E-state index in [1.807, 2.05) is 0 Å². The van der Waals surface area contributed by atoms with Crippen molar-refractivity contribution in [2.45, 2.75) is 4.83 Å². The maximum Gasteiger partial charge on any atom is 0.363 e. The molecule has 74 valence electrons. The number of alkyl halides is 3. The van der Waals surface area contributed by atoms with Gasteiger partial charge in [-0.1, -0.05) is 5.92 Å². The zero-order valence-electron chi connectivity index (χ0n) is 7.35. The van der Waals surface area contributed by atoms with Crippen LogP contribution in [0.2, 0.25) is 0 Å². The van der Waals surface area contributed by atoms with E-state index in [1.54, 1.807) is 30.2 Å². The van der Waals surface area contributed by atoms with Crippen molar-refractivity contribution in [2.24, 2.45) is 0 Å². The zero-order valence-corrected chi connectivity index (χ0v) is 8.94. The summed E-state index contributed by atoms with van der Waals surface area (Å²) < 4.78 is 29.5. The highest BCUT2D eigenvalue weighted by atomic mass is 79.9. The first kappa shape index (κ1) is 11.0. The summed E-state index contributed by atoms with van der Waals surface area (Å²) in [5.41, 5.74) is 0.518. The van der Waals surface area contributed by atoms with Gasteiger partial charge in [-0.2, -0.15) is 8.78 Å². The lowest BCUT2D eigenvalue weighted by atomic mass is 10.2. The molecule has 1 aromatic carbocycles. The molecule has 0 fully saturated rings. The molecule has 0 N–H and O–H groups in total. The van der Waals surface area contributed by atoms with Crippen LogP contribution in [0.3, 0.4) is 0 Å². The Morgan fingerprint density at radius 2 is 1.86 bits per heavy atom. The first-order valence-corrected chi connectivity index (χ1v) is 4.54. The molecule has 0 atom stereocenters. The fourth-order valence-electron chi connectivity index (χ4n) is 0.817. The van der Waals surface area contributed by atoms with Gasteiger partial charge in [-0.05, 0) is 30.2 Å². The molecule has 0 aromatic heterocycles. The van der Waals surface area contributed by atoms with E-state index >= 15 is 0 Å². The second kappa shape index (κ2) is 4.43. The quantitative estimate of drug-likeness (QED) is 0.557. The molecule has 0 saturated heterocycles. The number of hydrogen-bond donors (Lipinski definition) is 0. The Hall–Kier alpha value is -1.08. The molecular formula is C10H7BrF2O. The number of methoxy groups -OCH3 is 1. The van der Waals surface area contributed by atoms with E-state index in [2.05, 4.69) is 21.9 Å². The molecule has 4 heteroatoms. The van der Waals surface area contributed by atoms with Gasteiger partial charge in [0.15, 0.2) is 0 Å². The monoisotopic (exact) mass is 260 g/mol. The number of rotatable bonds is 1. The van der Waals surface area contributed by atoms with Gasteiger partial charge in [-0.25, -0.2) is 0 Å². The summed E-state index contributed by atoms with van der Waals surface area (Å²) in [5, 5.41) is 0. The smallest absolute Gasteiger partial charge is 0.363 e. The van der Waals surface area contributed by atoms with Crippen molar-refractivity contribution in [1.82, 2.24) is 0 Å². The van der Waals surface area contributed by atoms with Crippen molar-refractivity contribution >= 4 is 15.9 Å². The van der Waals surface area contributed by atoms with Crippen LogP contribution < -0.4 is 4.74 Å². The van der Waals surface area contributed by atoms with Crippen molar-refractivity contribution in [3.05, 3.63) is 29.8 Å². The van der Waals surface area contributed by atoms with Crippen LogP contribution in [0.5, 0.6) is 5.75 Å². The molecule has 0 aliphatic carbocycles. The van der Waals surface area contributed by atoms with Crippen LogP contribution in [-0.2, 0) is 0 Å². The first-order valence-electron chi connectivity index (χ1n) is 3.75. The van der Waals surface area contributed by atoms with Gasteiger partial charge in [0.2, 0.25) is 0 Å². The Kier molecular flexibility index (Phi) is 3.48. The number of hydrogen-bond acceptors (Lipinski definition) is 1. The second-order valence-corrected chi connectivity index (χ2v) is 3.47. The lowest BCUT2D eigenvalue weighted by Crippen LogP contribution is -1.98. The Bertz CT molecular complexity index is 356. The average Bonchev–Trinajstić information content (AvgIpc) is 2.14. The highest BCUT2D eigenvalue weighted by molar-refractivity contribution is 9.10. The minimum absolute atomic E-state index is 0.518. The topological polar surface area (TPSA) is 9.23 Å². The molecule has 0 heterocycles. The summed E-state index contributed by atoms with van der Waals surface area (Å²) in [7, 11) is 1.54. The third-order valence-electron chi connectivity index (χ3n) is 1.44. The Morgan fingerprint density at radius 1 is 1.29 bits per heavy atom. The molecule has 0 aliphatic heterocycles. The lowest BCUT2D eigenvalue weighted by molar-refractivity contribution is 0.182. The largest absolute Gasteiger partial charge is 0.497 e. The highest BCUT2D eigenvalue weighted by Crippen LogP contribution is 2.20. The third kappa shape index (κ3) is 3.75. The standard InChI is InChI=1S/C10H7BrF2O/c1-14-9-4-2-8(3-5-9)6-7-10(11,12)13/h2-5H,1H3. The van der Waals surface area contributed by atoms with Crippen LogP contribution in [0, 0.1) is 11.8 Å². The minimum atomic E-state index is -3.13. The summed E-state index contributed by atoms with van der Waals surface area (Å²) in [6, 6.07) is 6.56. The van der Waals surface area contributed by atoms with E-state index in [1.165, 1.54) is 7.11 Å². The maximum absolute atomic E-state index is 12.3. The molecule has 0 bridgehead atoms. The van der Waals surface area contributed by atoms with Crippen LogP contribution in [-0.4, -0.2) is 11.9 Å². The molecule has 0 saturated carbocycles. The average molecular weight is 261 g/mol. The molecule has 1 aromatic rings. The van der Waals surface area contributed by atoms with Gasteiger partial charge in [0.1, 0.15) is 5.75 Å². The van der Waals surface area contributed by atoms with Crippen molar-refractivity contribution < 1.29 is 13.5 Å². The van der Waals surface area contributed by atoms with Crippen molar-refractivity contribution in [3.8, 4) is 17.6 Å². The molecule has 0 spiro atoms. The Balaban J connectivity index is 2.82.